The van der Waals surface area contributed by atoms with Crippen LogP contribution in [0.3, 0.4) is 0 Å². The lowest BCUT2D eigenvalue weighted by atomic mass is 10.3. The molecule has 3 heteroatoms. The number of ether oxygens (including phenoxy) is 2. The van der Waals surface area contributed by atoms with Crippen LogP contribution in [0.25, 0.3) is 0 Å². The van der Waals surface area contributed by atoms with Crippen LogP contribution in [0.15, 0.2) is 23.3 Å². The molecule has 0 aromatic carbocycles. The van der Waals surface area contributed by atoms with Gasteiger partial charge in [0.25, 0.3) is 0 Å². The predicted octanol–water partition coefficient (Wildman–Crippen LogP) is 2.47. The number of aliphatic hydroxyl groups is 1. The number of aliphatic hydroxyl groups excluding tert-OH is 1. The van der Waals surface area contributed by atoms with Gasteiger partial charge in [-0.3, -0.25) is 0 Å². The summed E-state index contributed by atoms with van der Waals surface area (Å²) in [5.74, 6) is 0. The zero-order chi connectivity index (χ0) is 12.4. The minimum atomic E-state index is -0.577. The molecule has 0 amide bonds. The molecule has 0 saturated carbocycles. The first-order valence-corrected chi connectivity index (χ1v) is 5.50. The van der Waals surface area contributed by atoms with Gasteiger partial charge in [-0.1, -0.05) is 23.3 Å². The van der Waals surface area contributed by atoms with Gasteiger partial charge in [-0.25, -0.2) is 0 Å². The standard InChI is InChI=1S/C13H23O3/c1-11(2)5-7-15-9-13(14)10-16-8-6-12(3)4/h5-7,13-14H,8-10H2,1-4H3. The first kappa shape index (κ1) is 15.4. The quantitative estimate of drug-likeness (QED) is 0.511. The first-order chi connectivity index (χ1) is 7.52. The maximum absolute atomic E-state index is 9.47. The highest BCUT2D eigenvalue weighted by atomic mass is 16.5. The minimum absolute atomic E-state index is 0.263. The Bertz CT molecular complexity index is 199. The van der Waals surface area contributed by atoms with E-state index in [1.54, 1.807) is 6.61 Å². The van der Waals surface area contributed by atoms with Gasteiger partial charge in [0.15, 0.2) is 0 Å². The van der Waals surface area contributed by atoms with E-state index in [-0.39, 0.29) is 6.61 Å². The van der Waals surface area contributed by atoms with Crippen LogP contribution >= 0.6 is 0 Å². The highest BCUT2D eigenvalue weighted by Gasteiger charge is 2.03. The molecular formula is C13H23O3. The molecule has 0 saturated heterocycles. The molecule has 1 radical (unpaired) electrons. The van der Waals surface area contributed by atoms with E-state index in [2.05, 4.69) is 0 Å². The lowest BCUT2D eigenvalue weighted by molar-refractivity contribution is 0.00469. The molecule has 0 rings (SSSR count). The fraction of sp³-hybridized carbons (Fsp3) is 0.615. The van der Waals surface area contributed by atoms with E-state index in [1.807, 2.05) is 39.8 Å². The van der Waals surface area contributed by atoms with Crippen molar-refractivity contribution in [2.45, 2.75) is 33.8 Å². The van der Waals surface area contributed by atoms with Crippen molar-refractivity contribution in [2.24, 2.45) is 0 Å². The Morgan fingerprint density at radius 3 is 2.38 bits per heavy atom. The molecule has 3 nitrogen and oxygen atoms in total. The summed E-state index contributed by atoms with van der Waals surface area (Å²) in [6, 6.07) is 0. The second-order valence-electron chi connectivity index (χ2n) is 4.19. The van der Waals surface area contributed by atoms with Crippen LogP contribution in [0.2, 0.25) is 0 Å². The summed E-state index contributed by atoms with van der Waals surface area (Å²) in [5, 5.41) is 9.47. The van der Waals surface area contributed by atoms with Crippen LogP contribution in [0, 0.1) is 6.61 Å². The van der Waals surface area contributed by atoms with E-state index in [4.69, 9.17) is 9.47 Å². The second-order valence-corrected chi connectivity index (χ2v) is 4.19. The minimum Gasteiger partial charge on any atom is -0.388 e. The van der Waals surface area contributed by atoms with Gasteiger partial charge in [-0.05, 0) is 27.7 Å². The summed E-state index contributed by atoms with van der Waals surface area (Å²) in [6.07, 6.45) is 3.26. The number of allylic oxidation sites excluding steroid dienone is 2. The maximum Gasteiger partial charge on any atom is 0.106 e. The topological polar surface area (TPSA) is 38.7 Å². The number of rotatable bonds is 8. The molecule has 1 atom stereocenters. The van der Waals surface area contributed by atoms with E-state index >= 15 is 0 Å². The molecule has 0 fully saturated rings. The van der Waals surface area contributed by atoms with Gasteiger partial charge in [-0.15, -0.1) is 0 Å². The molecule has 93 valence electrons. The molecule has 0 aromatic heterocycles. The summed E-state index contributed by atoms with van der Waals surface area (Å²) in [7, 11) is 0. The van der Waals surface area contributed by atoms with Crippen molar-refractivity contribution < 1.29 is 14.6 Å². The highest BCUT2D eigenvalue weighted by molar-refractivity contribution is 4.98. The first-order valence-electron chi connectivity index (χ1n) is 5.50. The van der Waals surface area contributed by atoms with Gasteiger partial charge in [0.2, 0.25) is 0 Å². The van der Waals surface area contributed by atoms with Crippen molar-refractivity contribution >= 4 is 0 Å². The van der Waals surface area contributed by atoms with Crippen LogP contribution in [-0.2, 0) is 9.47 Å². The molecule has 0 aliphatic carbocycles. The Morgan fingerprint density at radius 1 is 1.12 bits per heavy atom. The van der Waals surface area contributed by atoms with Crippen LogP contribution in [0.1, 0.15) is 27.7 Å². The van der Waals surface area contributed by atoms with Crippen molar-refractivity contribution in [3.63, 3.8) is 0 Å². The monoisotopic (exact) mass is 227 g/mol. The van der Waals surface area contributed by atoms with Crippen molar-refractivity contribution in [3.05, 3.63) is 29.9 Å². The molecule has 0 bridgehead atoms. The predicted molar refractivity (Wildman–Crippen MR) is 65.9 cm³/mol. The van der Waals surface area contributed by atoms with E-state index in [0.717, 1.165) is 5.57 Å². The van der Waals surface area contributed by atoms with Gasteiger partial charge in [0.1, 0.15) is 12.7 Å². The number of hydrogen-bond acceptors (Lipinski definition) is 3. The summed E-state index contributed by atoms with van der Waals surface area (Å²) in [5.41, 5.74) is 2.37. The van der Waals surface area contributed by atoms with Gasteiger partial charge < -0.3 is 14.6 Å². The molecule has 1 unspecified atom stereocenters. The molecule has 0 heterocycles. The zero-order valence-electron chi connectivity index (χ0n) is 10.7. The Balaban J connectivity index is 3.41. The van der Waals surface area contributed by atoms with E-state index < -0.39 is 6.10 Å². The van der Waals surface area contributed by atoms with Crippen molar-refractivity contribution in [1.29, 1.82) is 0 Å². The average Bonchev–Trinajstić information content (AvgIpc) is 2.19. The molecule has 0 spiro atoms. The number of hydrogen-bond donors (Lipinski definition) is 1. The lowest BCUT2D eigenvalue weighted by Crippen LogP contribution is -2.21. The Morgan fingerprint density at radius 2 is 1.81 bits per heavy atom. The van der Waals surface area contributed by atoms with E-state index in [0.29, 0.717) is 13.2 Å². The Labute approximate surface area is 98.8 Å². The van der Waals surface area contributed by atoms with Gasteiger partial charge in [0.05, 0.1) is 19.8 Å². The molecule has 16 heavy (non-hydrogen) atoms. The largest absolute Gasteiger partial charge is 0.388 e. The summed E-state index contributed by atoms with van der Waals surface area (Å²) < 4.78 is 10.4. The third-order valence-electron chi connectivity index (χ3n) is 1.71. The molecule has 0 aromatic rings. The third-order valence-corrected chi connectivity index (χ3v) is 1.71. The van der Waals surface area contributed by atoms with Crippen LogP contribution in [0.5, 0.6) is 0 Å². The van der Waals surface area contributed by atoms with Crippen LogP contribution < -0.4 is 0 Å². The average molecular weight is 227 g/mol. The van der Waals surface area contributed by atoms with Crippen LogP contribution in [0.4, 0.5) is 0 Å². The van der Waals surface area contributed by atoms with Crippen molar-refractivity contribution in [3.8, 4) is 0 Å². The molecule has 0 aliphatic heterocycles. The third kappa shape index (κ3) is 11.4. The van der Waals surface area contributed by atoms with Crippen molar-refractivity contribution in [1.82, 2.24) is 0 Å². The van der Waals surface area contributed by atoms with Gasteiger partial charge in [-0.2, -0.15) is 0 Å². The fourth-order valence-electron chi connectivity index (χ4n) is 0.829. The van der Waals surface area contributed by atoms with E-state index in [9.17, 15) is 5.11 Å². The second kappa shape index (κ2) is 9.58. The normalized spacial score (nSPS) is 10.4. The van der Waals surface area contributed by atoms with Crippen LogP contribution in [-0.4, -0.2) is 31.0 Å². The lowest BCUT2D eigenvalue weighted by Gasteiger charge is -2.10. The van der Waals surface area contributed by atoms with E-state index in [1.165, 1.54) is 5.57 Å². The fourth-order valence-corrected chi connectivity index (χ4v) is 0.829. The van der Waals surface area contributed by atoms with Gasteiger partial charge in [0, 0.05) is 0 Å². The SMILES string of the molecule is CC(C)=C[CH]OCC(O)COCC=C(C)C. The summed E-state index contributed by atoms with van der Waals surface area (Å²) >= 11 is 0. The molecule has 1 N–H and O–H groups in total. The van der Waals surface area contributed by atoms with Crippen molar-refractivity contribution in [2.75, 3.05) is 19.8 Å². The highest BCUT2D eigenvalue weighted by Crippen LogP contribution is 1.96. The summed E-state index contributed by atoms with van der Waals surface area (Å²) in [6.45, 7) is 10.7. The molecular weight excluding hydrogens is 204 g/mol. The Kier molecular flexibility index (Phi) is 9.19. The maximum atomic E-state index is 9.47. The Hall–Kier alpha value is -0.640. The zero-order valence-corrected chi connectivity index (χ0v) is 10.7. The molecule has 0 aliphatic rings. The van der Waals surface area contributed by atoms with Gasteiger partial charge >= 0.3 is 0 Å². The summed E-state index contributed by atoms with van der Waals surface area (Å²) in [4.78, 5) is 0. The smallest absolute Gasteiger partial charge is 0.106 e.